The number of anilines is 1. The topological polar surface area (TPSA) is 118 Å². The Morgan fingerprint density at radius 3 is 2.69 bits per heavy atom. The zero-order valence-electron chi connectivity index (χ0n) is 18.1. The summed E-state index contributed by atoms with van der Waals surface area (Å²) < 4.78 is 3.42. The van der Waals surface area contributed by atoms with E-state index in [1.165, 1.54) is 5.56 Å². The maximum atomic E-state index is 10.5. The highest BCUT2D eigenvalue weighted by Gasteiger charge is 2.18. The highest BCUT2D eigenvalue weighted by Crippen LogP contribution is 2.33. The molecule has 3 heterocycles. The Morgan fingerprint density at radius 1 is 1.16 bits per heavy atom. The minimum atomic E-state index is -1.00. The van der Waals surface area contributed by atoms with Crippen molar-refractivity contribution in [1.29, 1.82) is 0 Å². The van der Waals surface area contributed by atoms with Crippen molar-refractivity contribution in [3.8, 4) is 0 Å². The number of nitrogen functional groups attached to an aromatic ring is 1. The zero-order chi connectivity index (χ0) is 22.5. The Morgan fingerprint density at radius 2 is 1.94 bits per heavy atom. The number of rotatable bonds is 10. The van der Waals surface area contributed by atoms with Gasteiger partial charge in [-0.3, -0.25) is 0 Å². The Kier molecular flexibility index (Phi) is 6.87. The summed E-state index contributed by atoms with van der Waals surface area (Å²) in [7, 11) is 0. The fourth-order valence-corrected chi connectivity index (χ4v) is 4.68. The molecular weight excluding hydrogens is 424 g/mol. The van der Waals surface area contributed by atoms with Crippen molar-refractivity contribution in [2.45, 2.75) is 39.3 Å². The first-order valence-electron chi connectivity index (χ1n) is 10.8. The van der Waals surface area contributed by atoms with Crippen LogP contribution >= 0.6 is 11.3 Å². The van der Waals surface area contributed by atoms with Crippen molar-refractivity contribution in [2.24, 2.45) is 0 Å². The molecule has 4 aromatic rings. The summed E-state index contributed by atoms with van der Waals surface area (Å²) in [6.45, 7) is 4.57. The minimum absolute atomic E-state index is 0.386. The van der Waals surface area contributed by atoms with Crippen LogP contribution in [0.5, 0.6) is 0 Å². The molecule has 0 aliphatic carbocycles. The number of fused-ring (bicyclic) bond motifs is 3. The number of thiophene rings is 1. The van der Waals surface area contributed by atoms with E-state index in [1.54, 1.807) is 11.3 Å². The van der Waals surface area contributed by atoms with Crippen molar-refractivity contribution in [3.05, 3.63) is 52.7 Å². The second kappa shape index (κ2) is 9.97. The lowest BCUT2D eigenvalue weighted by molar-refractivity contribution is 0.194. The van der Waals surface area contributed by atoms with Crippen LogP contribution in [0.1, 0.15) is 36.7 Å². The number of nitrogens with zero attached hydrogens (tertiary/aromatic N) is 3. The monoisotopic (exact) mass is 452 g/mol. The molecule has 0 bridgehead atoms. The molecule has 0 saturated heterocycles. The van der Waals surface area contributed by atoms with Crippen molar-refractivity contribution in [3.63, 3.8) is 0 Å². The molecule has 4 rings (SSSR count). The first kappa shape index (κ1) is 22.0. The normalized spacial score (nSPS) is 11.4. The van der Waals surface area contributed by atoms with Crippen molar-refractivity contribution in [2.75, 3.05) is 18.8 Å². The number of aromatic nitrogens is 3. The molecule has 0 atom stereocenters. The number of carboxylic acid groups (broad SMARTS) is 1. The van der Waals surface area contributed by atoms with Crippen LogP contribution < -0.4 is 16.4 Å². The molecule has 0 fully saturated rings. The second-order valence-corrected chi connectivity index (χ2v) is 8.69. The molecule has 5 N–H and O–H groups in total. The van der Waals surface area contributed by atoms with Crippen molar-refractivity contribution < 1.29 is 9.90 Å². The molecule has 0 aliphatic heterocycles. The molecule has 0 saturated carbocycles. The van der Waals surface area contributed by atoms with E-state index in [9.17, 15) is 4.79 Å². The number of aryl methyl sites for hydroxylation is 1. The molecule has 0 radical (unpaired) electrons. The van der Waals surface area contributed by atoms with Crippen LogP contribution in [-0.2, 0) is 19.5 Å². The summed E-state index contributed by atoms with van der Waals surface area (Å²) in [5.74, 6) is 1.54. The lowest BCUT2D eigenvalue weighted by atomic mass is 10.1. The number of imidazole rings is 1. The Balaban J connectivity index is 1.56. The molecule has 3 aromatic heterocycles. The predicted molar refractivity (Wildman–Crippen MR) is 129 cm³/mol. The molecule has 0 aliphatic rings. The second-order valence-electron chi connectivity index (χ2n) is 7.77. The summed E-state index contributed by atoms with van der Waals surface area (Å²) in [6.07, 6.45) is 2.09. The average molecular weight is 453 g/mol. The molecule has 0 spiro atoms. The van der Waals surface area contributed by atoms with Crippen molar-refractivity contribution >= 4 is 44.5 Å². The minimum Gasteiger partial charge on any atom is -0.465 e. The molecule has 8 nitrogen and oxygen atoms in total. The number of hydrogen-bond acceptors (Lipinski definition) is 6. The van der Waals surface area contributed by atoms with Crippen LogP contribution in [0.15, 0.2) is 35.7 Å². The zero-order valence-corrected chi connectivity index (χ0v) is 18.9. The largest absolute Gasteiger partial charge is 0.465 e. The molecule has 9 heteroatoms. The number of unbranched alkanes of at least 4 members (excludes halogenated alkanes) is 1. The van der Waals surface area contributed by atoms with Gasteiger partial charge in [0.15, 0.2) is 5.82 Å². The van der Waals surface area contributed by atoms with Crippen LogP contribution in [0, 0.1) is 0 Å². The van der Waals surface area contributed by atoms with Crippen LogP contribution in [-0.4, -0.2) is 38.8 Å². The summed E-state index contributed by atoms with van der Waals surface area (Å²) >= 11 is 1.68. The number of hydrogen-bond donors (Lipinski definition) is 4. The quantitative estimate of drug-likeness (QED) is 0.270. The van der Waals surface area contributed by atoms with E-state index < -0.39 is 6.09 Å². The van der Waals surface area contributed by atoms with Gasteiger partial charge >= 0.3 is 6.09 Å². The van der Waals surface area contributed by atoms with Crippen LogP contribution in [0.4, 0.5) is 10.6 Å². The number of nitrogens with one attached hydrogen (secondary N) is 2. The molecular formula is C23H28N6O2S. The van der Waals surface area contributed by atoms with E-state index in [0.717, 1.165) is 58.4 Å². The lowest BCUT2D eigenvalue weighted by Crippen LogP contribution is -2.30. The van der Waals surface area contributed by atoms with E-state index >= 15 is 0 Å². The molecule has 1 amide bonds. The summed E-state index contributed by atoms with van der Waals surface area (Å²) in [5.41, 5.74) is 11.4. The number of pyridine rings is 1. The standard InChI is InChI=1S/C23H28N6O2S/c1-2-3-4-18-28-19-20(21-17(9-12-32-21)27-22(19)24)29(18)14-16-7-5-15(6-8-16)13-25-10-11-26-23(30)31/h5-9,12,25-26H,2-4,10-11,13-14H2,1H3,(H2,24,27)(H,30,31). The Bertz CT molecular complexity index is 1210. The third kappa shape index (κ3) is 4.84. The summed E-state index contributed by atoms with van der Waals surface area (Å²) in [6, 6.07) is 10.5. The van der Waals surface area contributed by atoms with E-state index in [2.05, 4.69) is 51.4 Å². The van der Waals surface area contributed by atoms with Crippen LogP contribution in [0.2, 0.25) is 0 Å². The Hall–Kier alpha value is -3.17. The Labute approximate surface area is 190 Å². The fourth-order valence-electron chi connectivity index (χ4n) is 3.79. The summed E-state index contributed by atoms with van der Waals surface area (Å²) in [4.78, 5) is 19.9. The van der Waals surface area contributed by atoms with Gasteiger partial charge in [-0.25, -0.2) is 14.8 Å². The number of carbonyl (C=O) groups is 1. The third-order valence-corrected chi connectivity index (χ3v) is 6.32. The number of amides is 1. The van der Waals surface area contributed by atoms with Crippen LogP contribution in [0.25, 0.3) is 21.3 Å². The number of benzene rings is 1. The number of nitrogens with two attached hydrogens (primary N) is 1. The molecule has 168 valence electrons. The smallest absolute Gasteiger partial charge is 0.404 e. The fraction of sp³-hybridized carbons (Fsp3) is 0.348. The maximum Gasteiger partial charge on any atom is 0.404 e. The van der Waals surface area contributed by atoms with Gasteiger partial charge in [-0.2, -0.15) is 0 Å². The molecule has 1 aromatic carbocycles. The SMILES string of the molecule is CCCCc1nc2c(N)nc3ccsc3c2n1Cc1ccc(CNCCNC(=O)O)cc1. The first-order valence-corrected chi connectivity index (χ1v) is 11.7. The predicted octanol–water partition coefficient (Wildman–Crippen LogP) is 3.98. The van der Waals surface area contributed by atoms with E-state index in [1.807, 2.05) is 11.4 Å². The highest BCUT2D eigenvalue weighted by molar-refractivity contribution is 7.18. The third-order valence-electron chi connectivity index (χ3n) is 5.41. The molecule has 32 heavy (non-hydrogen) atoms. The maximum absolute atomic E-state index is 10.5. The van der Waals surface area contributed by atoms with Gasteiger partial charge in [0.2, 0.25) is 0 Å². The molecule has 0 unspecified atom stereocenters. The van der Waals surface area contributed by atoms with Gasteiger partial charge in [-0.1, -0.05) is 37.6 Å². The van der Waals surface area contributed by atoms with E-state index in [0.29, 0.717) is 25.5 Å². The van der Waals surface area contributed by atoms with E-state index in [4.69, 9.17) is 15.8 Å². The van der Waals surface area contributed by atoms with Gasteiger partial charge in [0.1, 0.15) is 11.3 Å². The highest BCUT2D eigenvalue weighted by atomic mass is 32.1. The van der Waals surface area contributed by atoms with Gasteiger partial charge in [-0.15, -0.1) is 11.3 Å². The summed E-state index contributed by atoms with van der Waals surface area (Å²) in [5, 5.41) is 16.2. The van der Waals surface area contributed by atoms with Crippen LogP contribution in [0.3, 0.4) is 0 Å². The van der Waals surface area contributed by atoms with Gasteiger partial charge in [0.05, 0.1) is 15.7 Å². The van der Waals surface area contributed by atoms with Gasteiger partial charge in [0.25, 0.3) is 0 Å². The van der Waals surface area contributed by atoms with Crippen molar-refractivity contribution in [1.82, 2.24) is 25.2 Å². The van der Waals surface area contributed by atoms with E-state index in [-0.39, 0.29) is 0 Å². The lowest BCUT2D eigenvalue weighted by Gasteiger charge is -2.11. The van der Waals surface area contributed by atoms with Gasteiger partial charge in [0, 0.05) is 32.6 Å². The van der Waals surface area contributed by atoms with Gasteiger partial charge in [-0.05, 0) is 29.0 Å². The average Bonchev–Trinajstić information content (AvgIpc) is 3.38. The van der Waals surface area contributed by atoms with Gasteiger partial charge < -0.3 is 26.0 Å². The first-order chi connectivity index (χ1) is 15.6.